The lowest BCUT2D eigenvalue weighted by molar-refractivity contribution is 0.772. The van der Waals surface area contributed by atoms with Crippen LogP contribution in [-0.4, -0.2) is 0 Å². The fourth-order valence-corrected chi connectivity index (χ4v) is 8.45. The molecule has 1 aliphatic carbocycles. The molecule has 0 amide bonds. The van der Waals surface area contributed by atoms with Crippen LogP contribution in [-0.2, 0) is 5.41 Å². The molecule has 0 N–H and O–H groups in total. The molecule has 10 rings (SSSR count). The quantitative estimate of drug-likeness (QED) is 0.191. The lowest BCUT2D eigenvalue weighted by atomic mass is 9.66. The van der Waals surface area contributed by atoms with Gasteiger partial charge < -0.3 is 0 Å². The molecule has 0 fully saturated rings. The zero-order valence-electron chi connectivity index (χ0n) is 25.8. The van der Waals surface area contributed by atoms with Gasteiger partial charge in [0.05, 0.1) is 5.41 Å². The van der Waals surface area contributed by atoms with Gasteiger partial charge in [0.25, 0.3) is 0 Å². The number of fused-ring (bicyclic) bond motifs is 8. The molecule has 9 aromatic rings. The van der Waals surface area contributed by atoms with E-state index in [4.69, 9.17) is 0 Å². The first-order valence-corrected chi connectivity index (χ1v) is 16.4. The molecule has 0 bridgehead atoms. The molecule has 0 saturated carbocycles. The highest BCUT2D eigenvalue weighted by Crippen LogP contribution is 2.59. The van der Waals surface area contributed by atoms with Crippen molar-refractivity contribution in [2.24, 2.45) is 0 Å². The zero-order valence-corrected chi connectivity index (χ0v) is 25.8. The van der Waals surface area contributed by atoms with Gasteiger partial charge in [-0.05, 0) is 106 Å². The molecule has 0 heteroatoms. The van der Waals surface area contributed by atoms with Crippen molar-refractivity contribution in [2.75, 3.05) is 0 Å². The third-order valence-electron chi connectivity index (χ3n) is 10.5. The Kier molecular flexibility index (Phi) is 5.59. The van der Waals surface area contributed by atoms with Crippen LogP contribution in [0.4, 0.5) is 0 Å². The number of benzene rings is 9. The number of rotatable bonds is 3. The molecular formula is C47H30. The molecule has 0 nitrogen and oxygen atoms in total. The van der Waals surface area contributed by atoms with Gasteiger partial charge in [-0.3, -0.25) is 0 Å². The van der Waals surface area contributed by atoms with Crippen LogP contribution < -0.4 is 0 Å². The fourth-order valence-electron chi connectivity index (χ4n) is 8.45. The van der Waals surface area contributed by atoms with Crippen LogP contribution in [0.25, 0.3) is 65.3 Å². The Morgan fingerprint density at radius 3 is 1.49 bits per heavy atom. The van der Waals surface area contributed by atoms with E-state index in [1.165, 1.54) is 87.6 Å². The normalized spacial score (nSPS) is 13.3. The summed E-state index contributed by atoms with van der Waals surface area (Å²) in [6.07, 6.45) is 0. The zero-order chi connectivity index (χ0) is 31.0. The molecule has 218 valence electrons. The lowest BCUT2D eigenvalue weighted by Crippen LogP contribution is -2.28. The summed E-state index contributed by atoms with van der Waals surface area (Å²) >= 11 is 0. The average molecular weight is 595 g/mol. The van der Waals surface area contributed by atoms with Gasteiger partial charge >= 0.3 is 0 Å². The maximum atomic E-state index is 2.53. The van der Waals surface area contributed by atoms with E-state index in [9.17, 15) is 0 Å². The number of hydrogen-bond acceptors (Lipinski definition) is 0. The van der Waals surface area contributed by atoms with E-state index in [0.717, 1.165) is 0 Å². The van der Waals surface area contributed by atoms with Crippen molar-refractivity contribution in [3.63, 3.8) is 0 Å². The first-order valence-electron chi connectivity index (χ1n) is 16.4. The molecular weight excluding hydrogens is 565 g/mol. The summed E-state index contributed by atoms with van der Waals surface area (Å²) in [5, 5.41) is 10.1. The van der Waals surface area contributed by atoms with Gasteiger partial charge in [-0.2, -0.15) is 0 Å². The van der Waals surface area contributed by atoms with Crippen molar-refractivity contribution in [1.29, 1.82) is 0 Å². The van der Waals surface area contributed by atoms with Crippen molar-refractivity contribution in [3.05, 3.63) is 204 Å². The Morgan fingerprint density at radius 2 is 0.787 bits per heavy atom. The Hall–Kier alpha value is -5.98. The van der Waals surface area contributed by atoms with E-state index in [1.807, 2.05) is 0 Å². The van der Waals surface area contributed by atoms with Crippen molar-refractivity contribution >= 4 is 43.1 Å². The van der Waals surface area contributed by atoms with Crippen molar-refractivity contribution in [1.82, 2.24) is 0 Å². The fraction of sp³-hybridized carbons (Fsp3) is 0.0213. The Morgan fingerprint density at radius 1 is 0.277 bits per heavy atom. The molecule has 0 unspecified atom stereocenters. The van der Waals surface area contributed by atoms with Gasteiger partial charge in [-0.15, -0.1) is 0 Å². The summed E-state index contributed by atoms with van der Waals surface area (Å²) in [6, 6.07) is 67.9. The van der Waals surface area contributed by atoms with Crippen LogP contribution in [0.15, 0.2) is 182 Å². The van der Waals surface area contributed by atoms with Gasteiger partial charge in [-0.1, -0.05) is 164 Å². The minimum atomic E-state index is -0.524. The topological polar surface area (TPSA) is 0 Å². The lowest BCUT2D eigenvalue weighted by Gasteiger charge is -2.35. The van der Waals surface area contributed by atoms with E-state index in [2.05, 4.69) is 182 Å². The highest BCUT2D eigenvalue weighted by Gasteiger charge is 2.47. The third kappa shape index (κ3) is 3.70. The molecule has 0 heterocycles. The van der Waals surface area contributed by atoms with Gasteiger partial charge in [0.1, 0.15) is 0 Å². The molecule has 0 radical (unpaired) electrons. The largest absolute Gasteiger partial charge is 0.0714 e. The summed E-state index contributed by atoms with van der Waals surface area (Å²) in [5.74, 6) is 0. The smallest absolute Gasteiger partial charge is 0.0619 e. The van der Waals surface area contributed by atoms with Gasteiger partial charge in [0.15, 0.2) is 0 Å². The molecule has 47 heavy (non-hydrogen) atoms. The second-order valence-corrected chi connectivity index (χ2v) is 12.8. The maximum Gasteiger partial charge on any atom is 0.0714 e. The van der Waals surface area contributed by atoms with Crippen molar-refractivity contribution < 1.29 is 0 Å². The van der Waals surface area contributed by atoms with Crippen molar-refractivity contribution in [3.8, 4) is 22.3 Å². The summed E-state index contributed by atoms with van der Waals surface area (Å²) in [6.45, 7) is 0. The predicted octanol–water partition coefficient (Wildman–Crippen LogP) is 12.3. The molecule has 0 spiro atoms. The van der Waals surface area contributed by atoms with E-state index in [0.29, 0.717) is 0 Å². The summed E-state index contributed by atoms with van der Waals surface area (Å²) in [4.78, 5) is 0. The van der Waals surface area contributed by atoms with E-state index < -0.39 is 5.41 Å². The molecule has 0 aromatic heterocycles. The minimum Gasteiger partial charge on any atom is -0.0619 e. The summed E-state index contributed by atoms with van der Waals surface area (Å²) in [5.41, 5.74) is 9.91. The van der Waals surface area contributed by atoms with Gasteiger partial charge in [0.2, 0.25) is 0 Å². The SMILES string of the molecule is c1ccc2c(c1)-c1c(cc(-c3cccc4ccccc34)c3ccccc13)C2(c1ccc2ccccc2c1)c1ccc2ccccc2c1. The monoisotopic (exact) mass is 594 g/mol. The molecule has 0 atom stereocenters. The van der Waals surface area contributed by atoms with Crippen LogP contribution in [0.1, 0.15) is 22.3 Å². The standard InChI is InChI=1S/C47H30/c1-3-15-34-28-36(26-24-31(34)12-1)47(37-27-25-32-13-2-4-16-35(32)29-37)44-23-10-9-21-42(44)46-41-20-8-7-19-40(41)43(30-45(46)47)39-22-11-17-33-14-5-6-18-38(33)39/h1-30H. The van der Waals surface area contributed by atoms with Crippen LogP contribution in [0.2, 0.25) is 0 Å². The minimum absolute atomic E-state index is 0.524. The first-order chi connectivity index (χ1) is 23.3. The van der Waals surface area contributed by atoms with E-state index in [-0.39, 0.29) is 0 Å². The summed E-state index contributed by atoms with van der Waals surface area (Å²) < 4.78 is 0. The molecule has 0 saturated heterocycles. The Labute approximate surface area is 274 Å². The van der Waals surface area contributed by atoms with Crippen molar-refractivity contribution in [2.45, 2.75) is 5.41 Å². The Balaban J connectivity index is 1.41. The maximum absolute atomic E-state index is 2.53. The second-order valence-electron chi connectivity index (χ2n) is 12.8. The van der Waals surface area contributed by atoms with Crippen LogP contribution in [0.3, 0.4) is 0 Å². The van der Waals surface area contributed by atoms with Crippen LogP contribution in [0.5, 0.6) is 0 Å². The van der Waals surface area contributed by atoms with Gasteiger partial charge in [0, 0.05) is 0 Å². The number of hydrogen-bond donors (Lipinski definition) is 0. The summed E-state index contributed by atoms with van der Waals surface area (Å²) in [7, 11) is 0. The van der Waals surface area contributed by atoms with Crippen LogP contribution in [0, 0.1) is 0 Å². The van der Waals surface area contributed by atoms with Crippen LogP contribution >= 0.6 is 0 Å². The average Bonchev–Trinajstić information content (AvgIpc) is 3.45. The third-order valence-corrected chi connectivity index (χ3v) is 10.5. The van der Waals surface area contributed by atoms with Gasteiger partial charge in [-0.25, -0.2) is 0 Å². The highest BCUT2D eigenvalue weighted by atomic mass is 14.5. The second kappa shape index (κ2) is 10.0. The first kappa shape index (κ1) is 26.3. The molecule has 0 aliphatic heterocycles. The molecule has 9 aromatic carbocycles. The van der Waals surface area contributed by atoms with E-state index >= 15 is 0 Å². The highest BCUT2D eigenvalue weighted by molar-refractivity contribution is 6.13. The Bertz CT molecular complexity index is 2610. The molecule has 1 aliphatic rings. The van der Waals surface area contributed by atoms with E-state index in [1.54, 1.807) is 0 Å². The predicted molar refractivity (Wildman–Crippen MR) is 199 cm³/mol.